The maximum atomic E-state index is 12.1. The fraction of sp³-hybridized carbons (Fsp3) is 0.0833. The van der Waals surface area contributed by atoms with Crippen molar-refractivity contribution in [3.63, 3.8) is 0 Å². The summed E-state index contributed by atoms with van der Waals surface area (Å²) in [6.45, 7) is 0. The molecule has 8 N–H and O–H groups in total. The Morgan fingerprint density at radius 2 is 1.69 bits per heavy atom. The number of fused-ring (bicyclic) bond motifs is 1. The van der Waals surface area contributed by atoms with Crippen molar-refractivity contribution in [2.45, 2.75) is 17.4 Å². The minimum absolute atomic E-state index is 0.00188. The third kappa shape index (κ3) is 5.85. The van der Waals surface area contributed by atoms with Crippen molar-refractivity contribution in [3.05, 3.63) is 76.7 Å². The van der Waals surface area contributed by atoms with Crippen LogP contribution < -0.4 is 11.5 Å². The van der Waals surface area contributed by atoms with Gasteiger partial charge in [0.25, 0.3) is 20.2 Å². The molecule has 0 aliphatic heterocycles. The quantitative estimate of drug-likeness (QED) is 0.0978. The normalized spacial score (nSPS) is 16.5. The maximum absolute atomic E-state index is 12.1. The number of nitrogens with zero attached hydrogens (tertiary/aromatic N) is 3. The summed E-state index contributed by atoms with van der Waals surface area (Å²) in [5, 5.41) is 22.6. The Bertz CT molecular complexity index is 1850. The van der Waals surface area contributed by atoms with E-state index in [0.717, 1.165) is 6.07 Å². The number of phenolic OH excluding ortho intramolecular Hbond substituents is 1. The van der Waals surface area contributed by atoms with Gasteiger partial charge in [-0.25, -0.2) is 5.53 Å². The number of nitrogens with one attached hydrogen (secondary N) is 1. The summed E-state index contributed by atoms with van der Waals surface area (Å²) in [5.74, 6) is -0.200. The molecule has 1 atom stereocenters. The summed E-state index contributed by atoms with van der Waals surface area (Å²) < 4.78 is 67.1. The Hall–Kier alpha value is -4.44. The molecule has 3 aromatic carbocycles. The van der Waals surface area contributed by atoms with Crippen molar-refractivity contribution in [1.82, 2.24) is 0 Å². The summed E-state index contributed by atoms with van der Waals surface area (Å²) in [4.78, 5) is -1.02. The van der Waals surface area contributed by atoms with Crippen LogP contribution >= 0.6 is 0 Å². The monoisotopic (exact) mass is 570 g/mol. The molecular formula is C24H22N6O7S2. The summed E-state index contributed by atoms with van der Waals surface area (Å²) in [7, 11) is -9.41. The van der Waals surface area contributed by atoms with E-state index < -0.39 is 36.1 Å². The van der Waals surface area contributed by atoms with Crippen LogP contribution in [0.15, 0.2) is 91.4 Å². The number of azo groups is 1. The van der Waals surface area contributed by atoms with Crippen LogP contribution in [-0.4, -0.2) is 37.1 Å². The van der Waals surface area contributed by atoms with Gasteiger partial charge in [-0.15, -0.1) is 0 Å². The van der Waals surface area contributed by atoms with E-state index in [0.29, 0.717) is 10.8 Å². The molecule has 39 heavy (non-hydrogen) atoms. The lowest BCUT2D eigenvalue weighted by Gasteiger charge is -2.15. The molecule has 15 heteroatoms. The predicted molar refractivity (Wildman–Crippen MR) is 145 cm³/mol. The van der Waals surface area contributed by atoms with E-state index in [-0.39, 0.29) is 46.1 Å². The number of anilines is 2. The van der Waals surface area contributed by atoms with Crippen LogP contribution in [-0.2, 0) is 20.2 Å². The van der Waals surface area contributed by atoms with E-state index in [1.165, 1.54) is 42.5 Å². The average molecular weight is 571 g/mol. The standard InChI is InChI=1S/C24H22N6O7S2/c25-18-9-5-15-6-10-19(23(26)22(15)24(18)31)30-29-17-8-4-14(21(12-17)39(35,36)37)2-1-13-3-7-16(28-27)11-20(13)38(32,33)34/h1-7,9-12,17,27,31H,8,25-26H2,(H,32,33,34)(H,35,36,37)/b2-1+,28-27?,30-29?. The molecule has 1 aliphatic rings. The highest BCUT2D eigenvalue weighted by atomic mass is 32.2. The van der Waals surface area contributed by atoms with Crippen molar-refractivity contribution < 1.29 is 31.0 Å². The van der Waals surface area contributed by atoms with E-state index >= 15 is 0 Å². The van der Waals surface area contributed by atoms with E-state index in [2.05, 4.69) is 15.3 Å². The first-order chi connectivity index (χ1) is 18.3. The molecule has 0 heterocycles. The minimum atomic E-state index is -4.73. The van der Waals surface area contributed by atoms with E-state index in [1.54, 1.807) is 18.2 Å². The summed E-state index contributed by atoms with van der Waals surface area (Å²) in [5.41, 5.74) is 19.4. The van der Waals surface area contributed by atoms with Crippen LogP contribution in [0.3, 0.4) is 0 Å². The molecule has 1 unspecified atom stereocenters. The van der Waals surface area contributed by atoms with Crippen molar-refractivity contribution >= 4 is 59.8 Å². The molecule has 4 rings (SSSR count). The molecule has 0 spiro atoms. The van der Waals surface area contributed by atoms with Gasteiger partial charge in [-0.1, -0.05) is 36.4 Å². The van der Waals surface area contributed by atoms with Crippen molar-refractivity contribution in [2.75, 3.05) is 11.5 Å². The number of hydrogen-bond donors (Lipinski definition) is 6. The van der Waals surface area contributed by atoms with E-state index in [1.807, 2.05) is 0 Å². The Labute approximate surface area is 222 Å². The van der Waals surface area contributed by atoms with Crippen LogP contribution in [0.2, 0.25) is 0 Å². The molecule has 3 aromatic rings. The highest BCUT2D eigenvalue weighted by molar-refractivity contribution is 7.90. The molecule has 0 radical (unpaired) electrons. The fourth-order valence-electron chi connectivity index (χ4n) is 3.94. The summed E-state index contributed by atoms with van der Waals surface area (Å²) >= 11 is 0. The second-order valence-corrected chi connectivity index (χ2v) is 11.2. The second-order valence-electron chi connectivity index (χ2n) is 8.43. The fourth-order valence-corrected chi connectivity index (χ4v) is 5.42. The minimum Gasteiger partial charge on any atom is -0.505 e. The molecule has 0 saturated carbocycles. The number of aromatic hydroxyl groups is 1. The van der Waals surface area contributed by atoms with Crippen LogP contribution in [0.5, 0.6) is 5.75 Å². The van der Waals surface area contributed by atoms with Gasteiger partial charge in [0.1, 0.15) is 16.3 Å². The molecule has 0 amide bonds. The lowest BCUT2D eigenvalue weighted by molar-refractivity contribution is 0.482. The van der Waals surface area contributed by atoms with Gasteiger partial charge in [0.2, 0.25) is 0 Å². The summed E-state index contributed by atoms with van der Waals surface area (Å²) in [6.07, 6.45) is 5.29. The number of phenols is 1. The van der Waals surface area contributed by atoms with Crippen molar-refractivity contribution in [3.8, 4) is 5.75 Å². The van der Waals surface area contributed by atoms with Gasteiger partial charge in [0, 0.05) is 0 Å². The van der Waals surface area contributed by atoms with Gasteiger partial charge in [-0.05, 0) is 53.3 Å². The third-order valence-corrected chi connectivity index (χ3v) is 7.69. The Morgan fingerprint density at radius 1 is 0.974 bits per heavy atom. The van der Waals surface area contributed by atoms with Crippen LogP contribution in [0.4, 0.5) is 22.7 Å². The highest BCUT2D eigenvalue weighted by Gasteiger charge is 2.24. The number of allylic oxidation sites excluding steroid dienone is 2. The van der Waals surface area contributed by atoms with Gasteiger partial charge >= 0.3 is 0 Å². The number of nitrogens with two attached hydrogens (primary N) is 2. The Morgan fingerprint density at radius 3 is 2.36 bits per heavy atom. The molecule has 0 fully saturated rings. The lowest BCUT2D eigenvalue weighted by atomic mass is 10.0. The number of hydrogen-bond acceptors (Lipinski definition) is 11. The smallest absolute Gasteiger partial charge is 0.295 e. The van der Waals surface area contributed by atoms with Gasteiger partial charge in [-0.3, -0.25) is 9.11 Å². The zero-order chi connectivity index (χ0) is 28.5. The summed E-state index contributed by atoms with van der Waals surface area (Å²) in [6, 6.07) is 9.24. The Kier molecular flexibility index (Phi) is 7.34. The topological polar surface area (TPSA) is 242 Å². The lowest BCUT2D eigenvalue weighted by Crippen LogP contribution is -2.13. The Balaban J connectivity index is 1.66. The SMILES string of the molecule is N=Nc1ccc(/C=C/C2=CCC(N=Nc3ccc4ccc(N)c(O)c4c3N)C=C2S(=O)(=O)O)c(S(=O)(=O)O)c1. The number of rotatable bonds is 7. The van der Waals surface area contributed by atoms with Crippen LogP contribution in [0.1, 0.15) is 12.0 Å². The average Bonchev–Trinajstić information content (AvgIpc) is 2.88. The molecule has 13 nitrogen and oxygen atoms in total. The van der Waals surface area contributed by atoms with Crippen molar-refractivity contribution in [1.29, 1.82) is 5.53 Å². The largest absolute Gasteiger partial charge is 0.505 e. The number of nitrogen functional groups attached to an aromatic ring is 2. The molecular weight excluding hydrogens is 548 g/mol. The third-order valence-electron chi connectivity index (χ3n) is 5.85. The van der Waals surface area contributed by atoms with Gasteiger partial charge in [0.05, 0.1) is 33.4 Å². The van der Waals surface area contributed by atoms with Gasteiger partial charge in [-0.2, -0.15) is 32.2 Å². The zero-order valence-corrected chi connectivity index (χ0v) is 21.6. The van der Waals surface area contributed by atoms with E-state index in [9.17, 15) is 31.0 Å². The van der Waals surface area contributed by atoms with Gasteiger partial charge < -0.3 is 16.6 Å². The maximum Gasteiger partial charge on any atom is 0.295 e. The van der Waals surface area contributed by atoms with Crippen LogP contribution in [0.25, 0.3) is 16.8 Å². The first-order valence-electron chi connectivity index (χ1n) is 11.1. The van der Waals surface area contributed by atoms with E-state index in [4.69, 9.17) is 17.0 Å². The first kappa shape index (κ1) is 27.6. The zero-order valence-electron chi connectivity index (χ0n) is 19.9. The molecule has 0 saturated heterocycles. The molecule has 0 aromatic heterocycles. The highest BCUT2D eigenvalue weighted by Crippen LogP contribution is 2.40. The van der Waals surface area contributed by atoms with Crippen LogP contribution in [0, 0.1) is 5.53 Å². The number of benzene rings is 3. The predicted octanol–water partition coefficient (Wildman–Crippen LogP) is 4.89. The first-order valence-corrected chi connectivity index (χ1v) is 13.9. The molecule has 202 valence electrons. The second kappa shape index (κ2) is 10.4. The van der Waals surface area contributed by atoms with Crippen molar-refractivity contribution in [2.24, 2.45) is 15.3 Å². The van der Waals surface area contributed by atoms with Gasteiger partial charge in [0.15, 0.2) is 0 Å². The molecule has 1 aliphatic carbocycles. The molecule has 0 bridgehead atoms.